The third kappa shape index (κ3) is 5.09. The van der Waals surface area contributed by atoms with Crippen molar-refractivity contribution < 1.29 is 47.6 Å². The van der Waals surface area contributed by atoms with Crippen LogP contribution in [0.15, 0.2) is 15.8 Å². The lowest BCUT2D eigenvalue weighted by molar-refractivity contribution is -0.0542. The minimum absolute atomic E-state index is 0.413. The first-order valence-electron chi connectivity index (χ1n) is 6.57. The number of aliphatic hydroxyl groups is 2. The Bertz CT molecular complexity index is 878. The van der Waals surface area contributed by atoms with Gasteiger partial charge in [-0.1, -0.05) is 11.6 Å². The van der Waals surface area contributed by atoms with Gasteiger partial charge in [-0.3, -0.25) is 18.9 Å². The van der Waals surface area contributed by atoms with Gasteiger partial charge in [-0.15, -0.1) is 0 Å². The average Bonchev–Trinajstić information content (AvgIpc) is 2.75. The fourth-order valence-corrected chi connectivity index (χ4v) is 3.82. The summed E-state index contributed by atoms with van der Waals surface area (Å²) in [6, 6.07) is 0. The number of ether oxygens (including phenoxy) is 1. The van der Waals surface area contributed by atoms with E-state index in [0.717, 1.165) is 6.20 Å². The van der Waals surface area contributed by atoms with Crippen LogP contribution >= 0.6 is 27.2 Å². The number of aromatic nitrogens is 2. The summed E-state index contributed by atoms with van der Waals surface area (Å²) in [6.07, 6.45) is -5.65. The van der Waals surface area contributed by atoms with Crippen molar-refractivity contribution in [1.82, 2.24) is 9.55 Å². The van der Waals surface area contributed by atoms with Crippen molar-refractivity contribution in [1.29, 1.82) is 0 Å². The molecule has 148 valence electrons. The van der Waals surface area contributed by atoms with Crippen LogP contribution in [0.4, 0.5) is 0 Å². The minimum atomic E-state index is -5.34. The Hall–Kier alpha value is -0.890. The first-order valence-corrected chi connectivity index (χ1v) is 9.98. The predicted molar refractivity (Wildman–Crippen MR) is 81.2 cm³/mol. The maximum absolute atomic E-state index is 11.8. The van der Waals surface area contributed by atoms with Crippen LogP contribution in [0.2, 0.25) is 5.02 Å². The Morgan fingerprint density at radius 3 is 2.42 bits per heavy atom. The lowest BCUT2D eigenvalue weighted by atomic mass is 10.1. The van der Waals surface area contributed by atoms with Gasteiger partial charge in [-0.2, -0.15) is 4.31 Å². The molecule has 26 heavy (non-hydrogen) atoms. The predicted octanol–water partition coefficient (Wildman–Crippen LogP) is -1.96. The first-order chi connectivity index (χ1) is 11.8. The molecule has 0 aliphatic carbocycles. The maximum atomic E-state index is 11.8. The van der Waals surface area contributed by atoms with Crippen molar-refractivity contribution in [3.8, 4) is 0 Å². The molecule has 6 N–H and O–H groups in total. The smallest absolute Gasteiger partial charge is 0.387 e. The number of phosphoric ester groups is 1. The lowest BCUT2D eigenvalue weighted by Gasteiger charge is -2.18. The van der Waals surface area contributed by atoms with E-state index < -0.39 is 63.1 Å². The highest BCUT2D eigenvalue weighted by molar-refractivity contribution is 7.60. The van der Waals surface area contributed by atoms with Crippen molar-refractivity contribution >= 4 is 27.2 Å². The van der Waals surface area contributed by atoms with E-state index in [1.165, 1.54) is 0 Å². The summed E-state index contributed by atoms with van der Waals surface area (Å²) in [5, 5.41) is 19.4. The minimum Gasteiger partial charge on any atom is -0.387 e. The Labute approximate surface area is 148 Å². The van der Waals surface area contributed by atoms with Crippen LogP contribution in [0, 0.1) is 0 Å². The summed E-state index contributed by atoms with van der Waals surface area (Å²) >= 11 is 5.58. The van der Waals surface area contributed by atoms with Crippen LogP contribution in [0.3, 0.4) is 0 Å². The van der Waals surface area contributed by atoms with Crippen LogP contribution in [0.1, 0.15) is 6.23 Å². The fraction of sp³-hybridized carbons (Fsp3) is 0.556. The molecule has 0 amide bonds. The number of H-pyrrole nitrogens is 1. The molecule has 0 aromatic carbocycles. The molecule has 0 radical (unpaired) electrons. The second-order valence-electron chi connectivity index (χ2n) is 5.03. The van der Waals surface area contributed by atoms with E-state index in [1.807, 2.05) is 4.98 Å². The van der Waals surface area contributed by atoms with Gasteiger partial charge in [0.05, 0.1) is 6.61 Å². The molecule has 2 heterocycles. The summed E-state index contributed by atoms with van der Waals surface area (Å²) in [5.74, 6) is 0. The molecule has 0 bridgehead atoms. The molecule has 14 nitrogen and oxygen atoms in total. The quantitative estimate of drug-likeness (QED) is 0.266. The monoisotopic (exact) mass is 438 g/mol. The molecule has 2 rings (SSSR count). The van der Waals surface area contributed by atoms with E-state index in [4.69, 9.17) is 31.0 Å². The van der Waals surface area contributed by atoms with Crippen LogP contribution in [-0.2, 0) is 22.7 Å². The van der Waals surface area contributed by atoms with Gasteiger partial charge < -0.3 is 29.6 Å². The molecule has 1 aromatic rings. The number of aliphatic hydroxyl groups excluding tert-OH is 2. The van der Waals surface area contributed by atoms with E-state index >= 15 is 0 Å². The highest BCUT2D eigenvalue weighted by Crippen LogP contribution is 2.57. The molecular formula is C9H13ClN2O12P2. The summed E-state index contributed by atoms with van der Waals surface area (Å²) in [5.41, 5.74) is -1.91. The molecule has 17 heteroatoms. The van der Waals surface area contributed by atoms with Crippen molar-refractivity contribution in [2.75, 3.05) is 6.61 Å². The van der Waals surface area contributed by atoms with Gasteiger partial charge in [-0.25, -0.2) is 13.9 Å². The molecular weight excluding hydrogens is 426 g/mol. The van der Waals surface area contributed by atoms with Crippen LogP contribution in [0.5, 0.6) is 0 Å². The van der Waals surface area contributed by atoms with Gasteiger partial charge in [0.15, 0.2) is 6.23 Å². The van der Waals surface area contributed by atoms with E-state index in [-0.39, 0.29) is 0 Å². The summed E-state index contributed by atoms with van der Waals surface area (Å²) in [4.78, 5) is 51.0. The summed E-state index contributed by atoms with van der Waals surface area (Å²) in [7, 11) is -10.5. The number of phosphoric acid groups is 2. The topological polar surface area (TPSA) is 218 Å². The van der Waals surface area contributed by atoms with Gasteiger partial charge in [0.1, 0.15) is 23.3 Å². The SMILES string of the molecule is O=c1[nH]c(=O)n([C@H]2O[C@@H](COP(=O)(O)OP(=O)(O)O)C(O)C2O)cc1Cl. The Balaban J connectivity index is 2.14. The number of hydrogen-bond acceptors (Lipinski definition) is 9. The number of hydrogen-bond donors (Lipinski definition) is 6. The van der Waals surface area contributed by atoms with Crippen LogP contribution < -0.4 is 11.2 Å². The van der Waals surface area contributed by atoms with Crippen molar-refractivity contribution in [3.63, 3.8) is 0 Å². The third-order valence-corrected chi connectivity index (χ3v) is 5.57. The number of nitrogens with zero attached hydrogens (tertiary/aromatic N) is 1. The molecule has 3 unspecified atom stereocenters. The van der Waals surface area contributed by atoms with Gasteiger partial charge in [0.2, 0.25) is 0 Å². The Kier molecular flexibility index (Phi) is 6.27. The molecule has 5 atom stereocenters. The number of halogens is 1. The van der Waals surface area contributed by atoms with Gasteiger partial charge in [0, 0.05) is 6.20 Å². The zero-order valence-electron chi connectivity index (χ0n) is 12.4. The standard InChI is InChI=1S/C9H13ClN2O12P2/c10-3-1-12(9(16)11-7(3)15)8-6(14)5(13)4(23-8)2-22-26(20,21)24-25(17,18)19/h1,4-6,8,13-14H,2H2,(H,20,21)(H,11,15,16)(H2,17,18,19)/t4-,5?,6?,8-/m0/s1. The van der Waals surface area contributed by atoms with E-state index in [1.54, 1.807) is 0 Å². The molecule has 0 saturated carbocycles. The number of aromatic amines is 1. The number of nitrogens with one attached hydrogen (secondary N) is 1. The molecule has 1 aromatic heterocycles. The van der Waals surface area contributed by atoms with Crippen LogP contribution in [0.25, 0.3) is 0 Å². The van der Waals surface area contributed by atoms with Gasteiger partial charge in [-0.05, 0) is 0 Å². The van der Waals surface area contributed by atoms with Gasteiger partial charge in [0.25, 0.3) is 5.56 Å². The summed E-state index contributed by atoms with van der Waals surface area (Å²) < 4.78 is 35.6. The van der Waals surface area contributed by atoms with E-state index in [2.05, 4.69) is 8.83 Å². The summed E-state index contributed by atoms with van der Waals surface area (Å²) in [6.45, 7) is -0.936. The molecule has 1 aliphatic heterocycles. The normalized spacial score (nSPS) is 28.8. The Morgan fingerprint density at radius 1 is 1.23 bits per heavy atom. The van der Waals surface area contributed by atoms with Crippen molar-refractivity contribution in [3.05, 3.63) is 32.1 Å². The lowest BCUT2D eigenvalue weighted by Crippen LogP contribution is -2.38. The second-order valence-corrected chi connectivity index (χ2v) is 8.26. The number of rotatable bonds is 6. The van der Waals surface area contributed by atoms with E-state index in [9.17, 15) is 28.9 Å². The zero-order chi connectivity index (χ0) is 19.9. The average molecular weight is 439 g/mol. The first kappa shape index (κ1) is 21.4. The molecule has 1 aliphatic rings. The maximum Gasteiger partial charge on any atom is 0.481 e. The van der Waals surface area contributed by atoms with Gasteiger partial charge >= 0.3 is 21.3 Å². The zero-order valence-corrected chi connectivity index (χ0v) is 15.0. The second kappa shape index (κ2) is 7.62. The van der Waals surface area contributed by atoms with E-state index in [0.29, 0.717) is 4.57 Å². The van der Waals surface area contributed by atoms with Crippen molar-refractivity contribution in [2.45, 2.75) is 24.5 Å². The highest BCUT2D eigenvalue weighted by atomic mass is 35.5. The third-order valence-electron chi connectivity index (χ3n) is 3.15. The Morgan fingerprint density at radius 2 is 1.85 bits per heavy atom. The fourth-order valence-electron chi connectivity index (χ4n) is 2.07. The molecule has 1 fully saturated rings. The molecule has 0 spiro atoms. The molecule has 1 saturated heterocycles. The highest BCUT2D eigenvalue weighted by Gasteiger charge is 2.45. The van der Waals surface area contributed by atoms with Crippen molar-refractivity contribution in [2.24, 2.45) is 0 Å². The van der Waals surface area contributed by atoms with Crippen LogP contribution in [-0.4, -0.2) is 59.4 Å². The largest absolute Gasteiger partial charge is 0.481 e.